The van der Waals surface area contributed by atoms with Crippen LogP contribution in [-0.2, 0) is 11.2 Å². The zero-order chi connectivity index (χ0) is 14.4. The van der Waals surface area contributed by atoms with Crippen molar-refractivity contribution in [2.45, 2.75) is 38.2 Å². The largest absolute Gasteiger partial charge is 0.493 e. The van der Waals surface area contributed by atoms with Crippen LogP contribution in [0.4, 0.5) is 0 Å². The van der Waals surface area contributed by atoms with E-state index in [1.54, 1.807) is 6.07 Å². The molecule has 0 spiro atoms. The smallest absolute Gasteiger partial charge is 0.344 e. The SMILES string of the molecule is O=C(O)C1CCc2ccc(OCCCCCBr)cc2O1. The Kier molecular flexibility index (Phi) is 5.71. The van der Waals surface area contributed by atoms with Crippen molar-refractivity contribution in [3.63, 3.8) is 0 Å². The number of alkyl halides is 1. The van der Waals surface area contributed by atoms with Crippen LogP contribution in [0.15, 0.2) is 18.2 Å². The molecule has 1 unspecified atom stereocenters. The van der Waals surface area contributed by atoms with Gasteiger partial charge in [0.05, 0.1) is 6.61 Å². The van der Waals surface area contributed by atoms with Crippen LogP contribution < -0.4 is 9.47 Å². The number of aliphatic carboxylic acids is 1. The van der Waals surface area contributed by atoms with E-state index in [1.165, 1.54) is 0 Å². The van der Waals surface area contributed by atoms with Crippen LogP contribution in [0, 0.1) is 0 Å². The lowest BCUT2D eigenvalue weighted by Crippen LogP contribution is -2.30. The molecule has 0 radical (unpaired) electrons. The highest BCUT2D eigenvalue weighted by Gasteiger charge is 2.25. The highest BCUT2D eigenvalue weighted by Crippen LogP contribution is 2.31. The molecule has 1 aliphatic heterocycles. The Labute approximate surface area is 127 Å². The highest BCUT2D eigenvalue weighted by molar-refractivity contribution is 9.09. The van der Waals surface area contributed by atoms with Crippen molar-refractivity contribution in [3.8, 4) is 11.5 Å². The molecule has 2 rings (SSSR count). The number of hydrogen-bond donors (Lipinski definition) is 1. The van der Waals surface area contributed by atoms with Gasteiger partial charge in [-0.2, -0.15) is 0 Å². The third-order valence-corrected chi connectivity index (χ3v) is 3.87. The average molecular weight is 343 g/mol. The average Bonchev–Trinajstić information content (AvgIpc) is 2.46. The lowest BCUT2D eigenvalue weighted by atomic mass is 10.0. The molecule has 110 valence electrons. The topological polar surface area (TPSA) is 55.8 Å². The second-order valence-electron chi connectivity index (χ2n) is 4.85. The van der Waals surface area contributed by atoms with E-state index in [1.807, 2.05) is 12.1 Å². The van der Waals surface area contributed by atoms with Gasteiger partial charge in [-0.05, 0) is 43.7 Å². The van der Waals surface area contributed by atoms with Gasteiger partial charge in [-0.25, -0.2) is 4.79 Å². The molecule has 0 amide bonds. The molecular formula is C15H19BrO4. The van der Waals surface area contributed by atoms with E-state index in [-0.39, 0.29) is 0 Å². The molecule has 1 N–H and O–H groups in total. The number of aryl methyl sites for hydroxylation is 1. The van der Waals surface area contributed by atoms with E-state index in [4.69, 9.17) is 14.6 Å². The molecule has 0 aromatic heterocycles. The molecule has 1 aromatic rings. The number of carboxylic acid groups (broad SMARTS) is 1. The van der Waals surface area contributed by atoms with E-state index in [2.05, 4.69) is 15.9 Å². The first-order valence-electron chi connectivity index (χ1n) is 6.92. The van der Waals surface area contributed by atoms with Crippen LogP contribution in [0.2, 0.25) is 0 Å². The Balaban J connectivity index is 1.90. The maximum Gasteiger partial charge on any atom is 0.344 e. The fourth-order valence-corrected chi connectivity index (χ4v) is 2.57. The molecule has 0 bridgehead atoms. The van der Waals surface area contributed by atoms with Gasteiger partial charge in [-0.15, -0.1) is 0 Å². The van der Waals surface area contributed by atoms with Crippen molar-refractivity contribution in [1.82, 2.24) is 0 Å². The number of halogens is 1. The first-order valence-corrected chi connectivity index (χ1v) is 8.04. The van der Waals surface area contributed by atoms with Crippen LogP contribution in [-0.4, -0.2) is 29.1 Å². The summed E-state index contributed by atoms with van der Waals surface area (Å²) in [7, 11) is 0. The molecule has 20 heavy (non-hydrogen) atoms. The summed E-state index contributed by atoms with van der Waals surface area (Å²) in [6.07, 6.45) is 3.82. The fourth-order valence-electron chi connectivity index (χ4n) is 2.18. The molecule has 0 aliphatic carbocycles. The number of fused-ring (bicyclic) bond motifs is 1. The Morgan fingerprint density at radius 3 is 3.00 bits per heavy atom. The summed E-state index contributed by atoms with van der Waals surface area (Å²) in [6, 6.07) is 5.68. The summed E-state index contributed by atoms with van der Waals surface area (Å²) in [5.41, 5.74) is 1.05. The van der Waals surface area contributed by atoms with Crippen molar-refractivity contribution in [2.24, 2.45) is 0 Å². The van der Waals surface area contributed by atoms with Gasteiger partial charge in [0.15, 0.2) is 6.10 Å². The van der Waals surface area contributed by atoms with Gasteiger partial charge < -0.3 is 14.6 Å². The summed E-state index contributed by atoms with van der Waals surface area (Å²) in [5.74, 6) is 0.479. The van der Waals surface area contributed by atoms with Gasteiger partial charge in [0.25, 0.3) is 0 Å². The lowest BCUT2D eigenvalue weighted by Gasteiger charge is -2.23. The van der Waals surface area contributed by atoms with E-state index in [0.717, 1.165) is 42.3 Å². The number of ether oxygens (including phenoxy) is 2. The van der Waals surface area contributed by atoms with Crippen molar-refractivity contribution in [1.29, 1.82) is 0 Å². The fraction of sp³-hybridized carbons (Fsp3) is 0.533. The van der Waals surface area contributed by atoms with Crippen molar-refractivity contribution >= 4 is 21.9 Å². The van der Waals surface area contributed by atoms with Gasteiger partial charge >= 0.3 is 5.97 Å². The zero-order valence-electron chi connectivity index (χ0n) is 11.3. The third-order valence-electron chi connectivity index (χ3n) is 3.31. The minimum atomic E-state index is -0.906. The summed E-state index contributed by atoms with van der Waals surface area (Å²) in [6.45, 7) is 0.675. The quantitative estimate of drug-likeness (QED) is 0.609. The number of carboxylic acids is 1. The predicted octanol–water partition coefficient (Wildman–Crippen LogP) is 3.41. The minimum Gasteiger partial charge on any atom is -0.493 e. The van der Waals surface area contributed by atoms with Gasteiger partial charge in [-0.3, -0.25) is 0 Å². The summed E-state index contributed by atoms with van der Waals surface area (Å²) in [5, 5.41) is 10.0. The van der Waals surface area contributed by atoms with Gasteiger partial charge in [0.2, 0.25) is 0 Å². The number of hydrogen-bond acceptors (Lipinski definition) is 3. The lowest BCUT2D eigenvalue weighted by molar-refractivity contribution is -0.145. The Morgan fingerprint density at radius 1 is 1.40 bits per heavy atom. The molecule has 5 heteroatoms. The van der Waals surface area contributed by atoms with Crippen LogP contribution >= 0.6 is 15.9 Å². The highest BCUT2D eigenvalue weighted by atomic mass is 79.9. The summed E-state index contributed by atoms with van der Waals surface area (Å²) < 4.78 is 11.2. The van der Waals surface area contributed by atoms with Crippen LogP contribution in [0.25, 0.3) is 0 Å². The van der Waals surface area contributed by atoms with Crippen molar-refractivity contribution in [3.05, 3.63) is 23.8 Å². The molecule has 0 saturated carbocycles. The molecule has 1 heterocycles. The number of benzene rings is 1. The first-order chi connectivity index (χ1) is 9.70. The van der Waals surface area contributed by atoms with Crippen LogP contribution in [0.3, 0.4) is 0 Å². The normalized spacial score (nSPS) is 17.1. The second kappa shape index (κ2) is 7.53. The number of unbranched alkanes of at least 4 members (excludes halogenated alkanes) is 2. The van der Waals surface area contributed by atoms with Gasteiger partial charge in [0, 0.05) is 11.4 Å². The van der Waals surface area contributed by atoms with Crippen LogP contribution in [0.5, 0.6) is 11.5 Å². The first kappa shape index (κ1) is 15.2. The summed E-state index contributed by atoms with van der Waals surface area (Å²) >= 11 is 3.40. The zero-order valence-corrected chi connectivity index (χ0v) is 12.9. The summed E-state index contributed by atoms with van der Waals surface area (Å²) in [4.78, 5) is 11.0. The molecule has 1 aromatic carbocycles. The van der Waals surface area contributed by atoms with Crippen molar-refractivity contribution in [2.75, 3.05) is 11.9 Å². The maximum absolute atomic E-state index is 11.0. The molecular weight excluding hydrogens is 324 g/mol. The standard InChI is InChI=1S/C15H19BrO4/c16-8-2-1-3-9-19-12-6-4-11-5-7-13(15(17)18)20-14(11)10-12/h4,6,10,13H,1-3,5,7-9H2,(H,17,18). The minimum absolute atomic E-state index is 0.523. The predicted molar refractivity (Wildman–Crippen MR) is 80.0 cm³/mol. The Bertz CT molecular complexity index is 461. The molecule has 0 fully saturated rings. The molecule has 4 nitrogen and oxygen atoms in total. The maximum atomic E-state index is 11.0. The molecule has 0 saturated heterocycles. The Morgan fingerprint density at radius 2 is 2.25 bits per heavy atom. The third kappa shape index (κ3) is 4.13. The number of rotatable bonds is 7. The number of carbonyl (C=O) groups is 1. The molecule has 1 atom stereocenters. The second-order valence-corrected chi connectivity index (χ2v) is 5.64. The molecule has 1 aliphatic rings. The van der Waals surface area contributed by atoms with Gasteiger partial charge in [-0.1, -0.05) is 22.0 Å². The van der Waals surface area contributed by atoms with E-state index >= 15 is 0 Å². The van der Waals surface area contributed by atoms with E-state index < -0.39 is 12.1 Å². The van der Waals surface area contributed by atoms with Crippen LogP contribution in [0.1, 0.15) is 31.2 Å². The van der Waals surface area contributed by atoms with Gasteiger partial charge in [0.1, 0.15) is 11.5 Å². The van der Waals surface area contributed by atoms with E-state index in [9.17, 15) is 4.79 Å². The van der Waals surface area contributed by atoms with Crippen molar-refractivity contribution < 1.29 is 19.4 Å². The van der Waals surface area contributed by atoms with E-state index in [0.29, 0.717) is 18.8 Å². The monoisotopic (exact) mass is 342 g/mol. The Hall–Kier alpha value is -1.23.